The first kappa shape index (κ1) is 17.5. The highest BCUT2D eigenvalue weighted by Crippen LogP contribution is 2.17. The van der Waals surface area contributed by atoms with Gasteiger partial charge in [0.1, 0.15) is 5.75 Å². The molecule has 0 atom stereocenters. The average Bonchev–Trinajstić information content (AvgIpc) is 2.86. The van der Waals surface area contributed by atoms with Crippen molar-refractivity contribution in [2.45, 2.75) is 6.42 Å². The Bertz CT molecular complexity index is 728. The molecule has 130 valence electrons. The SMILES string of the molecule is O=C(c1cccc(O)c1)N1CCCN(C(=O)c2cccc(Br)c2)CC1. The minimum atomic E-state index is -0.118. The monoisotopic (exact) mass is 402 g/mol. The molecule has 1 N–H and O–H groups in total. The van der Waals surface area contributed by atoms with Crippen molar-refractivity contribution >= 4 is 27.7 Å². The maximum atomic E-state index is 12.7. The van der Waals surface area contributed by atoms with Crippen LogP contribution in [0.5, 0.6) is 5.75 Å². The fraction of sp³-hybridized carbons (Fsp3) is 0.263. The number of halogens is 1. The van der Waals surface area contributed by atoms with Gasteiger partial charge in [0.2, 0.25) is 0 Å². The van der Waals surface area contributed by atoms with Crippen molar-refractivity contribution in [1.82, 2.24) is 9.80 Å². The van der Waals surface area contributed by atoms with Gasteiger partial charge in [0.25, 0.3) is 11.8 Å². The molecule has 0 aromatic heterocycles. The Hall–Kier alpha value is -2.34. The molecule has 1 heterocycles. The molecular weight excluding hydrogens is 384 g/mol. The van der Waals surface area contributed by atoms with Gasteiger partial charge in [-0.3, -0.25) is 9.59 Å². The lowest BCUT2D eigenvalue weighted by molar-refractivity contribution is 0.0718. The van der Waals surface area contributed by atoms with Crippen LogP contribution < -0.4 is 0 Å². The van der Waals surface area contributed by atoms with E-state index in [2.05, 4.69) is 15.9 Å². The van der Waals surface area contributed by atoms with Crippen molar-refractivity contribution in [3.63, 3.8) is 0 Å². The minimum absolute atomic E-state index is 0.0204. The zero-order chi connectivity index (χ0) is 17.8. The average molecular weight is 403 g/mol. The third-order valence-corrected chi connectivity index (χ3v) is 4.73. The maximum Gasteiger partial charge on any atom is 0.254 e. The Morgan fingerprint density at radius 1 is 0.840 bits per heavy atom. The second-order valence-corrected chi connectivity index (χ2v) is 6.91. The molecule has 0 aliphatic carbocycles. The highest BCUT2D eigenvalue weighted by molar-refractivity contribution is 9.10. The van der Waals surface area contributed by atoms with E-state index in [1.807, 2.05) is 18.2 Å². The molecule has 2 aromatic rings. The van der Waals surface area contributed by atoms with E-state index in [9.17, 15) is 14.7 Å². The summed E-state index contributed by atoms with van der Waals surface area (Å²) in [5, 5.41) is 9.55. The molecule has 0 unspecified atom stereocenters. The summed E-state index contributed by atoms with van der Waals surface area (Å²) in [6.07, 6.45) is 0.726. The van der Waals surface area contributed by atoms with Gasteiger partial charge >= 0.3 is 0 Å². The summed E-state index contributed by atoms with van der Waals surface area (Å²) in [7, 11) is 0. The standard InChI is InChI=1S/C19H19BrN2O3/c20-16-6-1-4-14(12-16)18(24)21-8-3-9-22(11-10-21)19(25)15-5-2-7-17(23)13-15/h1-2,4-7,12-13,23H,3,8-11H2. The molecule has 1 saturated heterocycles. The smallest absolute Gasteiger partial charge is 0.254 e. The minimum Gasteiger partial charge on any atom is -0.508 e. The molecule has 0 saturated carbocycles. The Labute approximate surface area is 155 Å². The second kappa shape index (κ2) is 7.70. The summed E-state index contributed by atoms with van der Waals surface area (Å²) in [4.78, 5) is 28.8. The van der Waals surface area contributed by atoms with Crippen LogP contribution in [0, 0.1) is 0 Å². The van der Waals surface area contributed by atoms with Gasteiger partial charge in [-0.2, -0.15) is 0 Å². The summed E-state index contributed by atoms with van der Waals surface area (Å²) >= 11 is 3.39. The van der Waals surface area contributed by atoms with Crippen LogP contribution in [0.4, 0.5) is 0 Å². The molecular formula is C19H19BrN2O3. The molecule has 2 aromatic carbocycles. The first-order chi connectivity index (χ1) is 12.0. The summed E-state index contributed by atoms with van der Waals surface area (Å²) in [5.41, 5.74) is 1.11. The van der Waals surface area contributed by atoms with Gasteiger partial charge in [-0.05, 0) is 42.8 Å². The van der Waals surface area contributed by atoms with E-state index in [-0.39, 0.29) is 17.6 Å². The maximum absolute atomic E-state index is 12.7. The third-order valence-electron chi connectivity index (χ3n) is 4.23. The fourth-order valence-electron chi connectivity index (χ4n) is 2.95. The Morgan fingerprint density at radius 2 is 1.40 bits per heavy atom. The van der Waals surface area contributed by atoms with E-state index in [1.54, 1.807) is 28.0 Å². The first-order valence-corrected chi connectivity index (χ1v) is 8.97. The molecule has 1 aliphatic rings. The number of nitrogens with zero attached hydrogens (tertiary/aromatic N) is 2. The predicted molar refractivity (Wildman–Crippen MR) is 98.7 cm³/mol. The van der Waals surface area contributed by atoms with Crippen LogP contribution >= 0.6 is 15.9 Å². The molecule has 0 spiro atoms. The van der Waals surface area contributed by atoms with Crippen molar-refractivity contribution in [3.05, 3.63) is 64.1 Å². The van der Waals surface area contributed by atoms with Crippen molar-refractivity contribution in [2.24, 2.45) is 0 Å². The third kappa shape index (κ3) is 4.20. The first-order valence-electron chi connectivity index (χ1n) is 8.18. The van der Waals surface area contributed by atoms with E-state index in [0.717, 1.165) is 10.9 Å². The molecule has 6 heteroatoms. The van der Waals surface area contributed by atoms with E-state index < -0.39 is 0 Å². The molecule has 1 fully saturated rings. The fourth-order valence-corrected chi connectivity index (χ4v) is 3.35. The summed E-state index contributed by atoms with van der Waals surface area (Å²) in [5.74, 6) is -0.0623. The van der Waals surface area contributed by atoms with E-state index in [0.29, 0.717) is 37.3 Å². The quantitative estimate of drug-likeness (QED) is 0.838. The zero-order valence-corrected chi connectivity index (χ0v) is 15.3. The van der Waals surface area contributed by atoms with Gasteiger partial charge in [-0.25, -0.2) is 0 Å². The summed E-state index contributed by atoms with van der Waals surface area (Å²) < 4.78 is 0.869. The van der Waals surface area contributed by atoms with Crippen molar-refractivity contribution in [1.29, 1.82) is 0 Å². The molecule has 0 radical (unpaired) electrons. The summed E-state index contributed by atoms with van der Waals surface area (Å²) in [6, 6.07) is 13.7. The van der Waals surface area contributed by atoms with Crippen molar-refractivity contribution in [2.75, 3.05) is 26.2 Å². The predicted octanol–water partition coefficient (Wildman–Crippen LogP) is 3.14. The Kier molecular flexibility index (Phi) is 5.38. The van der Waals surface area contributed by atoms with Gasteiger partial charge in [-0.1, -0.05) is 28.1 Å². The molecule has 0 bridgehead atoms. The van der Waals surface area contributed by atoms with Gasteiger partial charge in [0.05, 0.1) is 0 Å². The van der Waals surface area contributed by atoms with Crippen molar-refractivity contribution in [3.8, 4) is 5.75 Å². The summed E-state index contributed by atoms with van der Waals surface area (Å²) in [6.45, 7) is 2.19. The van der Waals surface area contributed by atoms with Gasteiger partial charge in [0, 0.05) is 41.8 Å². The number of hydrogen-bond donors (Lipinski definition) is 1. The van der Waals surface area contributed by atoms with E-state index in [1.165, 1.54) is 12.1 Å². The zero-order valence-electron chi connectivity index (χ0n) is 13.7. The van der Waals surface area contributed by atoms with Crippen molar-refractivity contribution < 1.29 is 14.7 Å². The number of hydrogen-bond acceptors (Lipinski definition) is 3. The lowest BCUT2D eigenvalue weighted by atomic mass is 10.2. The normalized spacial score (nSPS) is 14.9. The topological polar surface area (TPSA) is 60.9 Å². The van der Waals surface area contributed by atoms with E-state index in [4.69, 9.17) is 0 Å². The Balaban J connectivity index is 1.68. The number of carbonyl (C=O) groups excluding carboxylic acids is 2. The van der Waals surface area contributed by atoms with E-state index >= 15 is 0 Å². The number of carbonyl (C=O) groups is 2. The van der Waals surface area contributed by atoms with Crippen LogP contribution in [0.15, 0.2) is 53.0 Å². The van der Waals surface area contributed by atoms with Gasteiger partial charge in [0.15, 0.2) is 0 Å². The van der Waals surface area contributed by atoms with Gasteiger partial charge in [-0.15, -0.1) is 0 Å². The number of benzene rings is 2. The molecule has 25 heavy (non-hydrogen) atoms. The lowest BCUT2D eigenvalue weighted by Crippen LogP contribution is -2.37. The lowest BCUT2D eigenvalue weighted by Gasteiger charge is -2.22. The molecule has 1 aliphatic heterocycles. The van der Waals surface area contributed by atoms with Crippen LogP contribution in [0.2, 0.25) is 0 Å². The van der Waals surface area contributed by atoms with Gasteiger partial charge < -0.3 is 14.9 Å². The number of aromatic hydroxyl groups is 1. The number of phenols is 1. The number of phenolic OH excluding ortho intramolecular Hbond substituents is 1. The second-order valence-electron chi connectivity index (χ2n) is 6.00. The van der Waals surface area contributed by atoms with Crippen LogP contribution in [0.25, 0.3) is 0 Å². The molecule has 3 rings (SSSR count). The largest absolute Gasteiger partial charge is 0.508 e. The highest BCUT2D eigenvalue weighted by Gasteiger charge is 2.23. The Morgan fingerprint density at radius 3 is 1.96 bits per heavy atom. The molecule has 5 nitrogen and oxygen atoms in total. The number of rotatable bonds is 2. The van der Waals surface area contributed by atoms with Crippen LogP contribution in [0.1, 0.15) is 27.1 Å². The van der Waals surface area contributed by atoms with Crippen LogP contribution in [-0.4, -0.2) is 52.9 Å². The number of amides is 2. The highest BCUT2D eigenvalue weighted by atomic mass is 79.9. The molecule has 2 amide bonds. The van der Waals surface area contributed by atoms with Crippen LogP contribution in [-0.2, 0) is 0 Å². The van der Waals surface area contributed by atoms with Crippen LogP contribution in [0.3, 0.4) is 0 Å².